The molecule has 0 unspecified atom stereocenters. The van der Waals surface area contributed by atoms with Gasteiger partial charge >= 0.3 is 6.03 Å². The molecular weight excluding hydrogens is 166 g/mol. The van der Waals surface area contributed by atoms with Crippen LogP contribution in [0.1, 0.15) is 19.3 Å². The third kappa shape index (κ3) is 1.77. The Morgan fingerprint density at radius 1 is 1.38 bits per heavy atom. The first-order valence-corrected chi connectivity index (χ1v) is 5.08. The highest BCUT2D eigenvalue weighted by atomic mass is 16.2. The first-order valence-electron chi connectivity index (χ1n) is 5.08. The summed E-state index contributed by atoms with van der Waals surface area (Å²) in [6, 6.07) is 0.757. The fourth-order valence-corrected chi connectivity index (χ4v) is 1.89. The van der Waals surface area contributed by atoms with E-state index in [1.165, 1.54) is 12.8 Å². The summed E-state index contributed by atoms with van der Waals surface area (Å²) in [4.78, 5) is 15.7. The second kappa shape index (κ2) is 3.54. The van der Waals surface area contributed by atoms with Gasteiger partial charge in [-0.3, -0.25) is 0 Å². The van der Waals surface area contributed by atoms with Crippen molar-refractivity contribution in [1.29, 1.82) is 0 Å². The van der Waals surface area contributed by atoms with Gasteiger partial charge in [-0.05, 0) is 19.3 Å². The van der Waals surface area contributed by atoms with Crippen LogP contribution in [0.25, 0.3) is 0 Å². The molecule has 2 rings (SSSR count). The van der Waals surface area contributed by atoms with Crippen LogP contribution in [0.5, 0.6) is 0 Å². The second-order valence-corrected chi connectivity index (χ2v) is 3.84. The lowest BCUT2D eigenvalue weighted by molar-refractivity contribution is 0.128. The summed E-state index contributed by atoms with van der Waals surface area (Å²) in [6.07, 6.45) is 3.49. The van der Waals surface area contributed by atoms with Gasteiger partial charge in [-0.1, -0.05) is 0 Å². The van der Waals surface area contributed by atoms with Crippen molar-refractivity contribution in [3.63, 3.8) is 0 Å². The fraction of sp³-hybridized carbons (Fsp3) is 0.889. The first kappa shape index (κ1) is 8.81. The lowest BCUT2D eigenvalue weighted by Gasteiger charge is -2.35. The van der Waals surface area contributed by atoms with Crippen LogP contribution < -0.4 is 5.73 Å². The van der Waals surface area contributed by atoms with E-state index in [-0.39, 0.29) is 6.03 Å². The Bertz CT molecular complexity index is 201. The van der Waals surface area contributed by atoms with Crippen molar-refractivity contribution in [3.05, 3.63) is 0 Å². The minimum atomic E-state index is 0.208. The van der Waals surface area contributed by atoms with Gasteiger partial charge in [-0.2, -0.15) is 0 Å². The molecule has 1 saturated carbocycles. The molecular formula is C9H17N3O. The minimum Gasteiger partial charge on any atom is -0.329 e. The van der Waals surface area contributed by atoms with Crippen LogP contribution in [0.3, 0.4) is 0 Å². The van der Waals surface area contributed by atoms with E-state index in [9.17, 15) is 4.79 Å². The maximum atomic E-state index is 11.8. The number of nitrogens with zero attached hydrogens (tertiary/aromatic N) is 2. The van der Waals surface area contributed by atoms with Gasteiger partial charge in [0.25, 0.3) is 0 Å². The molecule has 1 aliphatic heterocycles. The standard InChI is InChI=1S/C9H17N3O/c10-4-7-11-5-1-6-12(9(11)13)8-2-3-8/h8H,1-7,10H2. The molecule has 0 aromatic heterocycles. The van der Waals surface area contributed by atoms with Crippen molar-refractivity contribution in [3.8, 4) is 0 Å². The normalized spacial score (nSPS) is 23.9. The number of carbonyl (C=O) groups excluding carboxylic acids is 1. The van der Waals surface area contributed by atoms with Gasteiger partial charge in [0.15, 0.2) is 0 Å². The number of hydrogen-bond acceptors (Lipinski definition) is 2. The average molecular weight is 183 g/mol. The Balaban J connectivity index is 1.94. The highest BCUT2D eigenvalue weighted by molar-refractivity contribution is 5.75. The summed E-state index contributed by atoms with van der Waals surface area (Å²) in [5.74, 6) is 0. The van der Waals surface area contributed by atoms with E-state index in [1.54, 1.807) is 0 Å². The number of urea groups is 1. The van der Waals surface area contributed by atoms with Gasteiger partial charge < -0.3 is 15.5 Å². The monoisotopic (exact) mass is 183 g/mol. The highest BCUT2D eigenvalue weighted by Gasteiger charge is 2.36. The van der Waals surface area contributed by atoms with Crippen LogP contribution >= 0.6 is 0 Å². The zero-order valence-electron chi connectivity index (χ0n) is 7.91. The number of hydrogen-bond donors (Lipinski definition) is 1. The summed E-state index contributed by atoms with van der Waals surface area (Å²) in [7, 11) is 0. The molecule has 1 saturated heterocycles. The predicted molar refractivity (Wildman–Crippen MR) is 50.4 cm³/mol. The van der Waals surface area contributed by atoms with Crippen molar-refractivity contribution in [2.45, 2.75) is 25.3 Å². The van der Waals surface area contributed by atoms with Gasteiger partial charge in [0.1, 0.15) is 0 Å². The van der Waals surface area contributed by atoms with E-state index < -0.39 is 0 Å². The van der Waals surface area contributed by atoms with Gasteiger partial charge in [0.05, 0.1) is 0 Å². The van der Waals surface area contributed by atoms with E-state index in [0.29, 0.717) is 19.1 Å². The molecule has 1 aliphatic carbocycles. The Morgan fingerprint density at radius 2 is 2.15 bits per heavy atom. The Morgan fingerprint density at radius 3 is 2.77 bits per heavy atom. The number of rotatable bonds is 3. The van der Waals surface area contributed by atoms with E-state index >= 15 is 0 Å². The zero-order chi connectivity index (χ0) is 9.26. The van der Waals surface area contributed by atoms with Crippen molar-refractivity contribution in [2.75, 3.05) is 26.2 Å². The molecule has 0 aromatic rings. The van der Waals surface area contributed by atoms with Crippen LogP contribution in [0, 0.1) is 0 Å². The van der Waals surface area contributed by atoms with Gasteiger partial charge in [-0.25, -0.2) is 4.79 Å². The van der Waals surface area contributed by atoms with Crippen LogP contribution in [0.4, 0.5) is 4.79 Å². The second-order valence-electron chi connectivity index (χ2n) is 3.84. The van der Waals surface area contributed by atoms with Crippen LogP contribution in [0.2, 0.25) is 0 Å². The highest BCUT2D eigenvalue weighted by Crippen LogP contribution is 2.29. The molecule has 4 heteroatoms. The van der Waals surface area contributed by atoms with Crippen LogP contribution in [-0.4, -0.2) is 48.1 Å². The van der Waals surface area contributed by atoms with Crippen LogP contribution in [-0.2, 0) is 0 Å². The van der Waals surface area contributed by atoms with Crippen molar-refractivity contribution in [1.82, 2.24) is 9.80 Å². The number of carbonyl (C=O) groups is 1. The van der Waals surface area contributed by atoms with Crippen molar-refractivity contribution < 1.29 is 4.79 Å². The Kier molecular flexibility index (Phi) is 2.40. The van der Waals surface area contributed by atoms with Gasteiger partial charge in [-0.15, -0.1) is 0 Å². The average Bonchev–Trinajstić information content (AvgIpc) is 2.92. The van der Waals surface area contributed by atoms with E-state index in [0.717, 1.165) is 19.5 Å². The van der Waals surface area contributed by atoms with Crippen molar-refractivity contribution >= 4 is 6.03 Å². The Labute approximate surface area is 78.7 Å². The molecule has 1 heterocycles. The summed E-state index contributed by atoms with van der Waals surface area (Å²) < 4.78 is 0. The molecule has 0 atom stereocenters. The lowest BCUT2D eigenvalue weighted by Crippen LogP contribution is -2.51. The minimum absolute atomic E-state index is 0.208. The summed E-state index contributed by atoms with van der Waals surface area (Å²) in [5, 5.41) is 0. The quantitative estimate of drug-likeness (QED) is 0.681. The number of nitrogens with two attached hydrogens (primary N) is 1. The molecule has 13 heavy (non-hydrogen) atoms. The lowest BCUT2D eigenvalue weighted by atomic mass is 10.3. The Hall–Kier alpha value is -0.770. The van der Waals surface area contributed by atoms with Crippen molar-refractivity contribution in [2.24, 2.45) is 5.73 Å². The molecule has 2 N–H and O–H groups in total. The maximum Gasteiger partial charge on any atom is 0.320 e. The summed E-state index contributed by atoms with van der Waals surface area (Å²) in [6.45, 7) is 3.12. The first-order chi connectivity index (χ1) is 6.33. The smallest absolute Gasteiger partial charge is 0.320 e. The molecule has 2 fully saturated rings. The summed E-state index contributed by atoms with van der Waals surface area (Å²) in [5.41, 5.74) is 5.45. The molecule has 74 valence electrons. The molecule has 0 aromatic carbocycles. The van der Waals surface area contributed by atoms with E-state index in [2.05, 4.69) is 0 Å². The predicted octanol–water partition coefficient (Wildman–Crippen LogP) is 0.235. The third-order valence-electron chi connectivity index (χ3n) is 2.73. The maximum absolute atomic E-state index is 11.8. The molecule has 2 amide bonds. The largest absolute Gasteiger partial charge is 0.329 e. The molecule has 0 spiro atoms. The van der Waals surface area contributed by atoms with E-state index in [1.807, 2.05) is 9.80 Å². The summed E-state index contributed by atoms with van der Waals surface area (Å²) >= 11 is 0. The fourth-order valence-electron chi connectivity index (χ4n) is 1.89. The van der Waals surface area contributed by atoms with Gasteiger partial charge in [0, 0.05) is 32.2 Å². The molecule has 0 radical (unpaired) electrons. The number of amides is 2. The van der Waals surface area contributed by atoms with E-state index in [4.69, 9.17) is 5.73 Å². The molecule has 2 aliphatic rings. The zero-order valence-corrected chi connectivity index (χ0v) is 7.91. The van der Waals surface area contributed by atoms with Gasteiger partial charge in [0.2, 0.25) is 0 Å². The molecule has 0 bridgehead atoms. The van der Waals surface area contributed by atoms with Crippen LogP contribution in [0.15, 0.2) is 0 Å². The topological polar surface area (TPSA) is 49.6 Å². The molecule has 4 nitrogen and oxygen atoms in total. The third-order valence-corrected chi connectivity index (χ3v) is 2.73. The SMILES string of the molecule is NCCN1CCCN(C2CC2)C1=O.